The number of rotatable bonds is 1. The molecule has 0 atom stereocenters. The first-order valence-corrected chi connectivity index (χ1v) is 8.38. The lowest BCUT2D eigenvalue weighted by molar-refractivity contribution is 1.20. The minimum Gasteiger partial charge on any atom is -0.309 e. The number of benzene rings is 4. The van der Waals surface area contributed by atoms with E-state index in [0.717, 1.165) is 15.9 Å². The number of aromatic nitrogens is 1. The van der Waals surface area contributed by atoms with Crippen LogP contribution in [0.3, 0.4) is 0 Å². The molecule has 2 heteroatoms. The Balaban J connectivity index is 2.04. The molecule has 24 heavy (non-hydrogen) atoms. The van der Waals surface area contributed by atoms with Gasteiger partial charge in [-0.05, 0) is 29.7 Å². The van der Waals surface area contributed by atoms with Crippen LogP contribution in [0.1, 0.15) is 0 Å². The fourth-order valence-electron chi connectivity index (χ4n) is 3.64. The summed E-state index contributed by atoms with van der Waals surface area (Å²) in [4.78, 5) is 0. The van der Waals surface area contributed by atoms with Gasteiger partial charge in [-0.1, -0.05) is 72.3 Å². The first-order chi connectivity index (χ1) is 11.8. The Labute approximate surface area is 144 Å². The zero-order chi connectivity index (χ0) is 16.1. The summed E-state index contributed by atoms with van der Waals surface area (Å²) in [6.07, 6.45) is 0. The van der Waals surface area contributed by atoms with Crippen LogP contribution in [0, 0.1) is 0 Å². The molecule has 0 saturated heterocycles. The molecule has 5 aromatic rings. The molecule has 0 saturated carbocycles. The van der Waals surface area contributed by atoms with E-state index in [9.17, 15) is 0 Å². The molecule has 0 fully saturated rings. The van der Waals surface area contributed by atoms with Gasteiger partial charge in [0.1, 0.15) is 0 Å². The number of fused-ring (bicyclic) bond motifs is 4. The Morgan fingerprint density at radius 2 is 1.25 bits per heavy atom. The lowest BCUT2D eigenvalue weighted by Gasteiger charge is -2.11. The summed E-state index contributed by atoms with van der Waals surface area (Å²) in [6, 6.07) is 29.5. The van der Waals surface area contributed by atoms with Crippen molar-refractivity contribution in [1.29, 1.82) is 0 Å². The second kappa shape index (κ2) is 5.12. The molecule has 0 bridgehead atoms. The summed E-state index contributed by atoms with van der Waals surface area (Å²) in [7, 11) is 0. The van der Waals surface area contributed by atoms with Crippen molar-refractivity contribution in [3.8, 4) is 5.69 Å². The van der Waals surface area contributed by atoms with Crippen molar-refractivity contribution in [3.05, 3.63) is 90.0 Å². The Morgan fingerprint density at radius 1 is 0.583 bits per heavy atom. The molecule has 4 aromatic carbocycles. The quantitative estimate of drug-likeness (QED) is 0.327. The predicted octanol–water partition coefficient (Wildman–Crippen LogP) is 6.59. The SMILES string of the molecule is Clc1cccc2c1c1ccccc1n2-c1cccc2ccccc12. The minimum absolute atomic E-state index is 0.794. The van der Waals surface area contributed by atoms with Crippen LogP contribution in [0.25, 0.3) is 38.3 Å². The van der Waals surface area contributed by atoms with Crippen LogP contribution in [0.4, 0.5) is 0 Å². The number of hydrogen-bond donors (Lipinski definition) is 0. The van der Waals surface area contributed by atoms with Crippen LogP contribution in [0.2, 0.25) is 5.02 Å². The van der Waals surface area contributed by atoms with Crippen LogP contribution >= 0.6 is 11.6 Å². The normalized spacial score (nSPS) is 11.5. The van der Waals surface area contributed by atoms with Crippen molar-refractivity contribution in [2.45, 2.75) is 0 Å². The highest BCUT2D eigenvalue weighted by Crippen LogP contribution is 2.37. The summed E-state index contributed by atoms with van der Waals surface area (Å²) in [6.45, 7) is 0. The molecule has 1 nitrogen and oxygen atoms in total. The van der Waals surface area contributed by atoms with Gasteiger partial charge in [-0.3, -0.25) is 0 Å². The first-order valence-electron chi connectivity index (χ1n) is 8.00. The minimum atomic E-state index is 0.794. The number of halogens is 1. The highest BCUT2D eigenvalue weighted by molar-refractivity contribution is 6.38. The third-order valence-electron chi connectivity index (χ3n) is 4.65. The smallest absolute Gasteiger partial charge is 0.0556 e. The first kappa shape index (κ1) is 13.6. The topological polar surface area (TPSA) is 4.93 Å². The van der Waals surface area contributed by atoms with E-state index in [1.54, 1.807) is 0 Å². The van der Waals surface area contributed by atoms with E-state index in [4.69, 9.17) is 11.6 Å². The van der Waals surface area contributed by atoms with Gasteiger partial charge in [0.15, 0.2) is 0 Å². The van der Waals surface area contributed by atoms with Crippen LogP contribution < -0.4 is 0 Å². The summed E-state index contributed by atoms with van der Waals surface area (Å²) in [5, 5.41) is 5.57. The van der Waals surface area contributed by atoms with E-state index in [1.807, 2.05) is 12.1 Å². The predicted molar refractivity (Wildman–Crippen MR) is 103 cm³/mol. The fraction of sp³-hybridized carbons (Fsp3) is 0. The molecular formula is C22H14ClN. The molecule has 0 radical (unpaired) electrons. The maximum Gasteiger partial charge on any atom is 0.0556 e. The molecule has 0 N–H and O–H groups in total. The summed E-state index contributed by atoms with van der Waals surface area (Å²) in [5.74, 6) is 0. The van der Waals surface area contributed by atoms with Gasteiger partial charge in [0.2, 0.25) is 0 Å². The van der Waals surface area contributed by atoms with Gasteiger partial charge in [0, 0.05) is 16.2 Å². The molecule has 0 amide bonds. The van der Waals surface area contributed by atoms with Gasteiger partial charge in [-0.15, -0.1) is 0 Å². The van der Waals surface area contributed by atoms with Gasteiger partial charge >= 0.3 is 0 Å². The third kappa shape index (κ3) is 1.82. The summed E-state index contributed by atoms with van der Waals surface area (Å²) >= 11 is 6.54. The summed E-state index contributed by atoms with van der Waals surface area (Å²) in [5.41, 5.74) is 3.50. The van der Waals surface area contributed by atoms with Crippen molar-refractivity contribution in [2.75, 3.05) is 0 Å². The monoisotopic (exact) mass is 327 g/mol. The largest absolute Gasteiger partial charge is 0.309 e. The van der Waals surface area contributed by atoms with E-state index in [0.29, 0.717) is 0 Å². The molecule has 0 unspecified atom stereocenters. The van der Waals surface area contributed by atoms with Crippen LogP contribution in [-0.4, -0.2) is 4.57 Å². The van der Waals surface area contributed by atoms with E-state index < -0.39 is 0 Å². The summed E-state index contributed by atoms with van der Waals surface area (Å²) < 4.78 is 2.32. The zero-order valence-electron chi connectivity index (χ0n) is 12.9. The lowest BCUT2D eigenvalue weighted by atomic mass is 10.1. The van der Waals surface area contributed by atoms with Crippen molar-refractivity contribution in [3.63, 3.8) is 0 Å². The van der Waals surface area contributed by atoms with Gasteiger partial charge in [0.25, 0.3) is 0 Å². The van der Waals surface area contributed by atoms with E-state index in [1.165, 1.54) is 27.4 Å². The van der Waals surface area contributed by atoms with Gasteiger partial charge in [0.05, 0.1) is 21.7 Å². The Hall–Kier alpha value is -2.77. The van der Waals surface area contributed by atoms with Gasteiger partial charge in [-0.25, -0.2) is 0 Å². The molecule has 114 valence electrons. The maximum absolute atomic E-state index is 6.54. The number of hydrogen-bond acceptors (Lipinski definition) is 0. The van der Waals surface area contributed by atoms with E-state index in [2.05, 4.69) is 77.4 Å². The molecule has 1 aromatic heterocycles. The average Bonchev–Trinajstić information content (AvgIpc) is 2.97. The maximum atomic E-state index is 6.54. The molecule has 0 aliphatic heterocycles. The second-order valence-electron chi connectivity index (χ2n) is 5.98. The van der Waals surface area contributed by atoms with Crippen molar-refractivity contribution < 1.29 is 0 Å². The Morgan fingerprint density at radius 3 is 2.17 bits per heavy atom. The molecule has 0 aliphatic rings. The van der Waals surface area contributed by atoms with E-state index >= 15 is 0 Å². The van der Waals surface area contributed by atoms with Crippen LogP contribution in [-0.2, 0) is 0 Å². The fourth-order valence-corrected chi connectivity index (χ4v) is 3.91. The van der Waals surface area contributed by atoms with Crippen molar-refractivity contribution in [1.82, 2.24) is 4.57 Å². The van der Waals surface area contributed by atoms with Crippen molar-refractivity contribution >= 4 is 44.2 Å². The molecule has 0 aliphatic carbocycles. The number of nitrogens with zero attached hydrogens (tertiary/aromatic N) is 1. The molecule has 0 spiro atoms. The van der Waals surface area contributed by atoms with Gasteiger partial charge < -0.3 is 4.57 Å². The lowest BCUT2D eigenvalue weighted by Crippen LogP contribution is -1.94. The molecular weight excluding hydrogens is 314 g/mol. The zero-order valence-corrected chi connectivity index (χ0v) is 13.7. The van der Waals surface area contributed by atoms with E-state index in [-0.39, 0.29) is 0 Å². The number of para-hydroxylation sites is 1. The Kier molecular flexibility index (Phi) is 2.91. The molecule has 1 heterocycles. The second-order valence-corrected chi connectivity index (χ2v) is 6.39. The van der Waals surface area contributed by atoms with Crippen molar-refractivity contribution in [2.24, 2.45) is 0 Å². The third-order valence-corrected chi connectivity index (χ3v) is 4.97. The Bertz CT molecular complexity index is 1210. The van der Waals surface area contributed by atoms with Crippen LogP contribution in [0.15, 0.2) is 84.9 Å². The highest BCUT2D eigenvalue weighted by atomic mass is 35.5. The van der Waals surface area contributed by atoms with Gasteiger partial charge in [-0.2, -0.15) is 0 Å². The van der Waals surface area contributed by atoms with Crippen LogP contribution in [0.5, 0.6) is 0 Å². The average molecular weight is 328 g/mol. The standard InChI is InChI=1S/C22H14ClN/c23-18-11-6-14-21-22(18)17-10-3-4-12-20(17)24(21)19-13-5-8-15-7-1-2-9-16(15)19/h1-14H. The highest BCUT2D eigenvalue weighted by Gasteiger charge is 2.15. The molecule has 5 rings (SSSR count).